The van der Waals surface area contributed by atoms with Crippen LogP contribution >= 0.6 is 0 Å². The first kappa shape index (κ1) is 19.3. The number of nitrogens with zero attached hydrogens (tertiary/aromatic N) is 1. The van der Waals surface area contributed by atoms with Crippen molar-refractivity contribution in [2.45, 2.75) is 90.8 Å². The summed E-state index contributed by atoms with van der Waals surface area (Å²) in [6, 6.07) is 0. The average molecular weight is 313 g/mol. The zero-order valence-corrected chi connectivity index (χ0v) is 14.9. The molecule has 0 aromatic carbocycles. The molecule has 1 N–H and O–H groups in total. The molecule has 2 unspecified atom stereocenters. The lowest BCUT2D eigenvalue weighted by Gasteiger charge is -2.37. The summed E-state index contributed by atoms with van der Waals surface area (Å²) in [7, 11) is 0. The largest absolute Gasteiger partial charge is 0.444 e. The van der Waals surface area contributed by atoms with Crippen LogP contribution in [0, 0.1) is 5.92 Å². The Morgan fingerprint density at radius 2 is 1.82 bits per heavy atom. The van der Waals surface area contributed by atoms with Crippen LogP contribution in [0.15, 0.2) is 0 Å². The summed E-state index contributed by atoms with van der Waals surface area (Å²) < 4.78 is 5.44. The molecule has 2 atom stereocenters. The topological polar surface area (TPSA) is 49.8 Å². The van der Waals surface area contributed by atoms with Crippen molar-refractivity contribution in [3.8, 4) is 0 Å². The van der Waals surface area contributed by atoms with Crippen LogP contribution in [-0.4, -0.2) is 40.9 Å². The molecule has 0 aliphatic carbocycles. The number of hydrogen-bond donors (Lipinski definition) is 1. The van der Waals surface area contributed by atoms with Crippen molar-refractivity contribution in [3.63, 3.8) is 0 Å². The number of ether oxygens (including phenoxy) is 1. The van der Waals surface area contributed by atoms with Crippen molar-refractivity contribution in [2.75, 3.05) is 13.1 Å². The number of carbonyl (C=O) groups is 1. The second-order valence-corrected chi connectivity index (χ2v) is 7.60. The van der Waals surface area contributed by atoms with Crippen molar-refractivity contribution >= 4 is 6.09 Å². The summed E-state index contributed by atoms with van der Waals surface area (Å²) in [4.78, 5) is 13.9. The van der Waals surface area contributed by atoms with Crippen LogP contribution in [0.3, 0.4) is 0 Å². The van der Waals surface area contributed by atoms with Crippen LogP contribution < -0.4 is 0 Å². The molecular weight excluding hydrogens is 278 g/mol. The highest BCUT2D eigenvalue weighted by Crippen LogP contribution is 2.24. The number of piperidine rings is 1. The normalized spacial score (nSPS) is 22.7. The SMILES string of the molecule is CCCCCCCCC1CN(C(=O)OC(C)(C)C)CCC1O. The maximum atomic E-state index is 12.1. The van der Waals surface area contributed by atoms with Crippen molar-refractivity contribution < 1.29 is 14.6 Å². The van der Waals surface area contributed by atoms with Gasteiger partial charge in [-0.15, -0.1) is 0 Å². The Bertz CT molecular complexity index is 325. The molecule has 0 radical (unpaired) electrons. The lowest BCUT2D eigenvalue weighted by molar-refractivity contribution is -0.0104. The summed E-state index contributed by atoms with van der Waals surface area (Å²) in [6.45, 7) is 9.12. The third-order valence-electron chi connectivity index (χ3n) is 4.27. The highest BCUT2D eigenvalue weighted by atomic mass is 16.6. The van der Waals surface area contributed by atoms with Gasteiger partial charge in [0.1, 0.15) is 5.60 Å². The van der Waals surface area contributed by atoms with E-state index in [0.717, 1.165) is 12.8 Å². The molecule has 4 nitrogen and oxygen atoms in total. The summed E-state index contributed by atoms with van der Waals surface area (Å²) in [5.41, 5.74) is -0.456. The van der Waals surface area contributed by atoms with Crippen molar-refractivity contribution in [1.82, 2.24) is 4.90 Å². The van der Waals surface area contributed by atoms with Gasteiger partial charge in [0.15, 0.2) is 0 Å². The average Bonchev–Trinajstić information content (AvgIpc) is 2.42. The van der Waals surface area contributed by atoms with Gasteiger partial charge in [-0.1, -0.05) is 45.4 Å². The predicted molar refractivity (Wildman–Crippen MR) is 89.9 cm³/mol. The summed E-state index contributed by atoms with van der Waals surface area (Å²) in [5, 5.41) is 10.2. The molecule has 0 bridgehead atoms. The molecule has 0 saturated carbocycles. The molecular formula is C18H35NO3. The first-order valence-corrected chi connectivity index (χ1v) is 8.99. The smallest absolute Gasteiger partial charge is 0.410 e. The predicted octanol–water partition coefficient (Wildman–Crippen LogP) is 4.35. The van der Waals surface area contributed by atoms with Gasteiger partial charge in [-0.25, -0.2) is 4.79 Å². The van der Waals surface area contributed by atoms with Gasteiger partial charge in [-0.3, -0.25) is 0 Å². The molecule has 0 aromatic rings. The molecule has 22 heavy (non-hydrogen) atoms. The first-order chi connectivity index (χ1) is 10.3. The second kappa shape index (κ2) is 9.39. The van der Waals surface area contributed by atoms with Crippen LogP contribution in [0.25, 0.3) is 0 Å². The molecule has 130 valence electrons. The molecule has 1 aliphatic heterocycles. The van der Waals surface area contributed by atoms with E-state index in [4.69, 9.17) is 4.74 Å². The Labute approximate surface area is 136 Å². The van der Waals surface area contributed by atoms with Gasteiger partial charge in [-0.05, 0) is 33.6 Å². The molecule has 4 heteroatoms. The number of unbranched alkanes of at least 4 members (excludes halogenated alkanes) is 5. The van der Waals surface area contributed by atoms with Crippen LogP contribution in [-0.2, 0) is 4.74 Å². The van der Waals surface area contributed by atoms with E-state index >= 15 is 0 Å². The van der Waals surface area contributed by atoms with Crippen molar-refractivity contribution in [2.24, 2.45) is 5.92 Å². The van der Waals surface area contributed by atoms with Gasteiger partial charge in [0, 0.05) is 19.0 Å². The minimum absolute atomic E-state index is 0.201. The highest BCUT2D eigenvalue weighted by molar-refractivity contribution is 5.68. The maximum absolute atomic E-state index is 12.1. The van der Waals surface area contributed by atoms with E-state index in [9.17, 15) is 9.90 Å². The molecule has 0 spiro atoms. The number of carbonyl (C=O) groups excluding carboxylic acids is 1. The Hall–Kier alpha value is -0.770. The Morgan fingerprint density at radius 1 is 1.18 bits per heavy atom. The highest BCUT2D eigenvalue weighted by Gasteiger charge is 2.32. The molecule has 1 rings (SSSR count). The number of likely N-dealkylation sites (tertiary alicyclic amines) is 1. The van der Waals surface area contributed by atoms with Crippen molar-refractivity contribution in [1.29, 1.82) is 0 Å². The summed E-state index contributed by atoms with van der Waals surface area (Å²) >= 11 is 0. The fourth-order valence-electron chi connectivity index (χ4n) is 2.98. The standard InChI is InChI=1S/C18H35NO3/c1-5-6-7-8-9-10-11-15-14-19(13-12-16(15)20)17(21)22-18(2,3)4/h15-16,20H,5-14H2,1-4H3. The monoisotopic (exact) mass is 313 g/mol. The van der Waals surface area contributed by atoms with E-state index in [1.807, 2.05) is 20.8 Å². The van der Waals surface area contributed by atoms with Crippen molar-refractivity contribution in [3.05, 3.63) is 0 Å². The van der Waals surface area contributed by atoms with E-state index in [1.165, 1.54) is 32.1 Å². The third kappa shape index (κ3) is 7.48. The molecule has 1 fully saturated rings. The molecule has 1 heterocycles. The fourth-order valence-corrected chi connectivity index (χ4v) is 2.98. The number of rotatable bonds is 7. The van der Waals surface area contributed by atoms with Gasteiger partial charge in [-0.2, -0.15) is 0 Å². The Kier molecular flexibility index (Phi) is 8.23. The van der Waals surface area contributed by atoms with E-state index < -0.39 is 5.60 Å². The Morgan fingerprint density at radius 3 is 2.45 bits per heavy atom. The summed E-state index contributed by atoms with van der Waals surface area (Å²) in [5.74, 6) is 0.201. The fraction of sp³-hybridized carbons (Fsp3) is 0.944. The summed E-state index contributed by atoms with van der Waals surface area (Å²) in [6.07, 6.45) is 8.72. The lowest BCUT2D eigenvalue weighted by atomic mass is 9.89. The number of amides is 1. The number of aliphatic hydroxyl groups is 1. The van der Waals surface area contributed by atoms with Gasteiger partial charge < -0.3 is 14.7 Å². The third-order valence-corrected chi connectivity index (χ3v) is 4.27. The van der Waals surface area contributed by atoms with Crippen LogP contribution in [0.1, 0.15) is 79.1 Å². The zero-order chi connectivity index (χ0) is 16.6. The molecule has 1 saturated heterocycles. The first-order valence-electron chi connectivity index (χ1n) is 8.99. The lowest BCUT2D eigenvalue weighted by Crippen LogP contribution is -2.47. The minimum Gasteiger partial charge on any atom is -0.444 e. The Balaban J connectivity index is 2.32. The number of hydrogen-bond acceptors (Lipinski definition) is 3. The van der Waals surface area contributed by atoms with E-state index in [0.29, 0.717) is 19.5 Å². The molecule has 1 amide bonds. The molecule has 0 aromatic heterocycles. The van der Waals surface area contributed by atoms with Gasteiger partial charge in [0.25, 0.3) is 0 Å². The quantitative estimate of drug-likeness (QED) is 0.711. The van der Waals surface area contributed by atoms with E-state index in [1.54, 1.807) is 4.90 Å². The van der Waals surface area contributed by atoms with Gasteiger partial charge >= 0.3 is 6.09 Å². The second-order valence-electron chi connectivity index (χ2n) is 7.60. The van der Waals surface area contributed by atoms with Crippen LogP contribution in [0.2, 0.25) is 0 Å². The molecule has 1 aliphatic rings. The zero-order valence-electron chi connectivity index (χ0n) is 14.9. The van der Waals surface area contributed by atoms with Gasteiger partial charge in [0.2, 0.25) is 0 Å². The van der Waals surface area contributed by atoms with Crippen LogP contribution in [0.4, 0.5) is 4.79 Å². The minimum atomic E-state index is -0.456. The van der Waals surface area contributed by atoms with Crippen LogP contribution in [0.5, 0.6) is 0 Å². The maximum Gasteiger partial charge on any atom is 0.410 e. The van der Waals surface area contributed by atoms with E-state index in [-0.39, 0.29) is 18.1 Å². The number of aliphatic hydroxyl groups excluding tert-OH is 1. The van der Waals surface area contributed by atoms with E-state index in [2.05, 4.69) is 6.92 Å². The van der Waals surface area contributed by atoms with Gasteiger partial charge in [0.05, 0.1) is 6.10 Å².